The number of hydrogen-bond donors (Lipinski definition) is 2. The molecule has 2 saturated heterocycles. The number of aryl methyl sites for hydroxylation is 1. The first-order valence-electron chi connectivity index (χ1n) is 8.94. The van der Waals surface area contributed by atoms with Crippen LogP contribution in [-0.2, 0) is 16.5 Å². The van der Waals surface area contributed by atoms with Crippen LogP contribution >= 0.6 is 0 Å². The molecule has 0 aromatic carbocycles. The van der Waals surface area contributed by atoms with Crippen LogP contribution in [0.15, 0.2) is 6.07 Å². The Morgan fingerprint density at radius 1 is 1.33 bits per heavy atom. The molecule has 3 rings (SSSR count). The number of hydrogen-bond acceptors (Lipinski definition) is 4. The molecule has 0 saturated carbocycles. The second-order valence-corrected chi connectivity index (χ2v) is 6.78. The topological polar surface area (TPSA) is 77.4 Å². The van der Waals surface area contributed by atoms with E-state index in [0.717, 1.165) is 51.0 Å². The molecule has 2 aliphatic heterocycles. The van der Waals surface area contributed by atoms with Crippen molar-refractivity contribution in [2.24, 2.45) is 7.05 Å². The number of nitrogens with one attached hydrogen (secondary N) is 2. The van der Waals surface area contributed by atoms with Crippen LogP contribution in [0.1, 0.15) is 50.6 Å². The molecule has 2 N–H and O–H groups in total. The van der Waals surface area contributed by atoms with Gasteiger partial charge in [-0.3, -0.25) is 10.00 Å². The van der Waals surface area contributed by atoms with Crippen LogP contribution in [0.5, 0.6) is 0 Å². The van der Waals surface area contributed by atoms with E-state index in [0.29, 0.717) is 18.3 Å². The maximum absolute atomic E-state index is 12.3. The van der Waals surface area contributed by atoms with E-state index in [1.54, 1.807) is 4.68 Å². The summed E-state index contributed by atoms with van der Waals surface area (Å²) in [6.07, 6.45) is 5.51. The highest BCUT2D eigenvalue weighted by atomic mass is 16.5. The molecule has 2 amide bonds. The van der Waals surface area contributed by atoms with Gasteiger partial charge in [-0.25, -0.2) is 4.79 Å². The van der Waals surface area contributed by atoms with Gasteiger partial charge in [-0.15, -0.1) is 0 Å². The second-order valence-electron chi connectivity index (χ2n) is 6.78. The van der Waals surface area contributed by atoms with E-state index in [9.17, 15) is 4.79 Å². The molecule has 7 nitrogen and oxygen atoms in total. The lowest BCUT2D eigenvalue weighted by molar-refractivity contribution is -0.00102. The fourth-order valence-electron chi connectivity index (χ4n) is 3.39. The summed E-state index contributed by atoms with van der Waals surface area (Å²) in [5, 5.41) is 10.4. The zero-order valence-corrected chi connectivity index (χ0v) is 14.6. The molecule has 0 radical (unpaired) electrons. The largest absolute Gasteiger partial charge is 0.381 e. The van der Waals surface area contributed by atoms with Crippen LogP contribution in [-0.4, -0.2) is 47.8 Å². The van der Waals surface area contributed by atoms with Crippen molar-refractivity contribution in [3.05, 3.63) is 11.8 Å². The van der Waals surface area contributed by atoms with E-state index in [-0.39, 0.29) is 18.2 Å². The Labute approximate surface area is 143 Å². The van der Waals surface area contributed by atoms with Crippen LogP contribution in [0.25, 0.3) is 0 Å². The van der Waals surface area contributed by atoms with Crippen molar-refractivity contribution >= 4 is 11.8 Å². The highest BCUT2D eigenvalue weighted by Crippen LogP contribution is 2.26. The van der Waals surface area contributed by atoms with E-state index in [1.807, 2.05) is 20.0 Å². The quantitative estimate of drug-likeness (QED) is 0.885. The van der Waals surface area contributed by atoms with Gasteiger partial charge in [0.05, 0.1) is 24.4 Å². The van der Waals surface area contributed by atoms with Gasteiger partial charge in [0.25, 0.3) is 0 Å². The zero-order valence-electron chi connectivity index (χ0n) is 14.6. The van der Waals surface area contributed by atoms with Crippen LogP contribution in [0, 0.1) is 0 Å². The number of rotatable bonds is 4. The zero-order chi connectivity index (χ0) is 16.9. The summed E-state index contributed by atoms with van der Waals surface area (Å²) in [6.45, 7) is 4.31. The highest BCUT2D eigenvalue weighted by Gasteiger charge is 2.23. The smallest absolute Gasteiger partial charge is 0.320 e. The summed E-state index contributed by atoms with van der Waals surface area (Å²) in [6, 6.07) is 1.72. The van der Waals surface area contributed by atoms with E-state index in [1.165, 1.54) is 0 Å². The maximum Gasteiger partial charge on any atom is 0.320 e. The van der Waals surface area contributed by atoms with Crippen molar-refractivity contribution in [2.75, 3.05) is 25.1 Å². The fourth-order valence-corrected chi connectivity index (χ4v) is 3.39. The van der Waals surface area contributed by atoms with Crippen LogP contribution in [0.2, 0.25) is 0 Å². The highest BCUT2D eigenvalue weighted by molar-refractivity contribution is 5.88. The Morgan fingerprint density at radius 2 is 2.21 bits per heavy atom. The first-order valence-corrected chi connectivity index (χ1v) is 8.94. The lowest BCUT2D eigenvalue weighted by atomic mass is 9.99. The van der Waals surface area contributed by atoms with Gasteiger partial charge in [0.2, 0.25) is 0 Å². The fraction of sp³-hybridized carbons (Fsp3) is 0.765. The molecule has 1 aromatic rings. The molecular formula is C17H28N4O3. The van der Waals surface area contributed by atoms with E-state index < -0.39 is 0 Å². The number of urea groups is 1. The average Bonchev–Trinajstić information content (AvgIpc) is 2.97. The van der Waals surface area contributed by atoms with Gasteiger partial charge < -0.3 is 14.8 Å². The molecule has 24 heavy (non-hydrogen) atoms. The first-order chi connectivity index (χ1) is 11.6. The van der Waals surface area contributed by atoms with Gasteiger partial charge in [0.15, 0.2) is 0 Å². The number of aromatic nitrogens is 2. The molecule has 134 valence electrons. The van der Waals surface area contributed by atoms with E-state index >= 15 is 0 Å². The van der Waals surface area contributed by atoms with Crippen molar-refractivity contribution < 1.29 is 14.3 Å². The van der Waals surface area contributed by atoms with Gasteiger partial charge in [0, 0.05) is 32.2 Å². The molecule has 0 aliphatic carbocycles. The standard InChI is InChI=1S/C17H28N4O3/c1-12(15-7-3-4-9-24-15)18-17(22)19-16-10-14(20-21(16)2)13-6-5-8-23-11-13/h10,12-13,15H,3-9,11H2,1-2H3,(H2,18,19,22). The predicted octanol–water partition coefficient (Wildman–Crippen LogP) is 2.39. The Morgan fingerprint density at radius 3 is 2.92 bits per heavy atom. The summed E-state index contributed by atoms with van der Waals surface area (Å²) >= 11 is 0. The van der Waals surface area contributed by atoms with E-state index in [2.05, 4.69) is 15.7 Å². The minimum atomic E-state index is -0.217. The molecule has 0 bridgehead atoms. The number of nitrogens with zero attached hydrogens (tertiary/aromatic N) is 2. The van der Waals surface area contributed by atoms with Crippen LogP contribution in [0.3, 0.4) is 0 Å². The molecule has 3 unspecified atom stereocenters. The monoisotopic (exact) mass is 336 g/mol. The molecule has 0 spiro atoms. The third-order valence-electron chi connectivity index (χ3n) is 4.85. The molecule has 2 fully saturated rings. The van der Waals surface area contributed by atoms with Crippen LogP contribution in [0.4, 0.5) is 10.6 Å². The third kappa shape index (κ3) is 4.27. The SMILES string of the molecule is CC(NC(=O)Nc1cc(C2CCCOC2)nn1C)C1CCCCO1. The summed E-state index contributed by atoms with van der Waals surface area (Å²) in [5.41, 5.74) is 0.983. The molecule has 2 aliphatic rings. The number of amides is 2. The van der Waals surface area contributed by atoms with Gasteiger partial charge in [-0.1, -0.05) is 0 Å². The van der Waals surface area contributed by atoms with E-state index in [4.69, 9.17) is 9.47 Å². The Balaban J connectivity index is 1.54. The number of carbonyl (C=O) groups excluding carboxylic acids is 1. The van der Waals surface area contributed by atoms with Crippen LogP contribution < -0.4 is 10.6 Å². The van der Waals surface area contributed by atoms with Crippen molar-refractivity contribution in [2.45, 2.75) is 57.1 Å². The van der Waals surface area contributed by atoms with Gasteiger partial charge in [-0.05, 0) is 39.0 Å². The minimum Gasteiger partial charge on any atom is -0.381 e. The lowest BCUT2D eigenvalue weighted by Crippen LogP contribution is -2.45. The molecule has 1 aromatic heterocycles. The summed E-state index contributed by atoms with van der Waals surface area (Å²) < 4.78 is 13.0. The Kier molecular flexibility index (Phi) is 5.73. The normalized spacial score (nSPS) is 25.9. The average molecular weight is 336 g/mol. The van der Waals surface area contributed by atoms with Gasteiger partial charge >= 0.3 is 6.03 Å². The number of carbonyl (C=O) groups is 1. The maximum atomic E-state index is 12.3. The summed E-state index contributed by atoms with van der Waals surface area (Å²) in [7, 11) is 1.84. The van der Waals surface area contributed by atoms with Crippen molar-refractivity contribution in [3.8, 4) is 0 Å². The van der Waals surface area contributed by atoms with Gasteiger partial charge in [-0.2, -0.15) is 5.10 Å². The van der Waals surface area contributed by atoms with Gasteiger partial charge in [0.1, 0.15) is 5.82 Å². The molecule has 3 atom stereocenters. The molecular weight excluding hydrogens is 308 g/mol. The lowest BCUT2D eigenvalue weighted by Gasteiger charge is -2.28. The number of ether oxygens (including phenoxy) is 2. The van der Waals surface area contributed by atoms with Crippen molar-refractivity contribution in [1.29, 1.82) is 0 Å². The molecule has 7 heteroatoms. The molecule has 3 heterocycles. The third-order valence-corrected chi connectivity index (χ3v) is 4.85. The Bertz CT molecular complexity index is 548. The number of anilines is 1. The summed E-state index contributed by atoms with van der Waals surface area (Å²) in [4.78, 5) is 12.3. The van der Waals surface area contributed by atoms with Crippen molar-refractivity contribution in [1.82, 2.24) is 15.1 Å². The minimum absolute atomic E-state index is 0.00950. The Hall–Kier alpha value is -1.60. The summed E-state index contributed by atoms with van der Waals surface area (Å²) in [5.74, 6) is 1.02. The second kappa shape index (κ2) is 7.98. The predicted molar refractivity (Wildman–Crippen MR) is 91.2 cm³/mol. The first kappa shape index (κ1) is 17.2. The van der Waals surface area contributed by atoms with Crippen molar-refractivity contribution in [3.63, 3.8) is 0 Å².